The highest BCUT2D eigenvalue weighted by Gasteiger charge is 2.05. The number of benzene rings is 1. The van der Waals surface area contributed by atoms with Crippen LogP contribution in [0.2, 0.25) is 0 Å². The van der Waals surface area contributed by atoms with E-state index in [9.17, 15) is 5.11 Å². The summed E-state index contributed by atoms with van der Waals surface area (Å²) in [6.45, 7) is 0. The van der Waals surface area contributed by atoms with Crippen LogP contribution in [0.3, 0.4) is 0 Å². The molecule has 0 amide bonds. The molecule has 12 heavy (non-hydrogen) atoms. The SMILES string of the molecule is O[C@@H](CCCl)c1ccc(Br)cc1. The summed E-state index contributed by atoms with van der Waals surface area (Å²) in [6.07, 6.45) is 0.166. The summed E-state index contributed by atoms with van der Waals surface area (Å²) in [7, 11) is 0. The van der Waals surface area contributed by atoms with Crippen molar-refractivity contribution in [2.24, 2.45) is 0 Å². The molecule has 0 aliphatic carbocycles. The molecule has 1 atom stereocenters. The lowest BCUT2D eigenvalue weighted by Crippen LogP contribution is -1.97. The van der Waals surface area contributed by atoms with Gasteiger partial charge in [-0.1, -0.05) is 28.1 Å². The highest BCUT2D eigenvalue weighted by molar-refractivity contribution is 9.10. The fourth-order valence-corrected chi connectivity index (χ4v) is 1.43. The molecule has 0 aromatic heterocycles. The third-order valence-corrected chi connectivity index (χ3v) is 2.38. The normalized spacial score (nSPS) is 12.9. The molecule has 0 aliphatic rings. The van der Waals surface area contributed by atoms with Crippen LogP contribution in [0.15, 0.2) is 28.7 Å². The van der Waals surface area contributed by atoms with Crippen LogP contribution in [0.1, 0.15) is 18.1 Å². The zero-order chi connectivity index (χ0) is 8.97. The molecule has 0 saturated carbocycles. The monoisotopic (exact) mass is 248 g/mol. The Morgan fingerprint density at radius 2 is 1.92 bits per heavy atom. The second-order valence-corrected chi connectivity index (χ2v) is 3.84. The molecule has 66 valence electrons. The van der Waals surface area contributed by atoms with Gasteiger partial charge < -0.3 is 5.11 Å². The molecule has 1 aromatic rings. The minimum atomic E-state index is -0.435. The zero-order valence-electron chi connectivity index (χ0n) is 6.50. The van der Waals surface area contributed by atoms with E-state index in [0.717, 1.165) is 10.0 Å². The molecule has 1 rings (SSSR count). The third kappa shape index (κ3) is 2.77. The summed E-state index contributed by atoms with van der Waals surface area (Å²) in [5, 5.41) is 9.51. The van der Waals surface area contributed by atoms with Crippen LogP contribution in [-0.4, -0.2) is 11.0 Å². The van der Waals surface area contributed by atoms with Crippen molar-refractivity contribution in [3.8, 4) is 0 Å². The first-order valence-electron chi connectivity index (χ1n) is 3.73. The fraction of sp³-hybridized carbons (Fsp3) is 0.333. The second kappa shape index (κ2) is 4.85. The molecule has 0 unspecified atom stereocenters. The maximum atomic E-state index is 9.51. The van der Waals surface area contributed by atoms with Crippen LogP contribution >= 0.6 is 27.5 Å². The first kappa shape index (κ1) is 10.0. The summed E-state index contributed by atoms with van der Waals surface area (Å²) >= 11 is 8.83. The molecule has 0 bridgehead atoms. The smallest absolute Gasteiger partial charge is 0.0801 e. The van der Waals surface area contributed by atoms with Crippen molar-refractivity contribution in [3.63, 3.8) is 0 Å². The highest BCUT2D eigenvalue weighted by Crippen LogP contribution is 2.19. The molecule has 3 heteroatoms. The number of hydrogen-bond donors (Lipinski definition) is 1. The van der Waals surface area contributed by atoms with Crippen LogP contribution in [0.25, 0.3) is 0 Å². The van der Waals surface area contributed by atoms with E-state index in [1.54, 1.807) is 0 Å². The summed E-state index contributed by atoms with van der Waals surface area (Å²) in [5.41, 5.74) is 0.916. The molecule has 0 fully saturated rings. The molecule has 0 heterocycles. The van der Waals surface area contributed by atoms with Gasteiger partial charge in [0.1, 0.15) is 0 Å². The van der Waals surface area contributed by atoms with E-state index < -0.39 is 6.10 Å². The first-order chi connectivity index (χ1) is 5.74. The molecule has 0 aliphatic heterocycles. The lowest BCUT2D eigenvalue weighted by molar-refractivity contribution is 0.174. The Balaban J connectivity index is 2.68. The van der Waals surface area contributed by atoms with Crippen LogP contribution < -0.4 is 0 Å². The minimum Gasteiger partial charge on any atom is -0.388 e. The Hall–Kier alpha value is -0.0500. The number of rotatable bonds is 3. The molecular formula is C9H10BrClO. The molecule has 0 saturated heterocycles. The first-order valence-corrected chi connectivity index (χ1v) is 5.06. The van der Waals surface area contributed by atoms with Gasteiger partial charge in [0.2, 0.25) is 0 Å². The van der Waals surface area contributed by atoms with Gasteiger partial charge in [-0.05, 0) is 24.1 Å². The number of aliphatic hydroxyl groups excluding tert-OH is 1. The second-order valence-electron chi connectivity index (χ2n) is 2.55. The third-order valence-electron chi connectivity index (χ3n) is 1.64. The van der Waals surface area contributed by atoms with Gasteiger partial charge in [0.25, 0.3) is 0 Å². The van der Waals surface area contributed by atoms with Gasteiger partial charge in [-0.2, -0.15) is 0 Å². The molecule has 1 aromatic carbocycles. The maximum Gasteiger partial charge on any atom is 0.0801 e. The van der Waals surface area contributed by atoms with Gasteiger partial charge >= 0.3 is 0 Å². The van der Waals surface area contributed by atoms with E-state index in [0.29, 0.717) is 12.3 Å². The summed E-state index contributed by atoms with van der Waals surface area (Å²) in [5.74, 6) is 0.483. The van der Waals surface area contributed by atoms with Gasteiger partial charge in [-0.25, -0.2) is 0 Å². The fourth-order valence-electron chi connectivity index (χ4n) is 0.955. The Kier molecular flexibility index (Phi) is 4.06. The Labute approximate surface area is 85.5 Å². The molecule has 0 spiro atoms. The molecular weight excluding hydrogens is 239 g/mol. The van der Waals surface area contributed by atoms with Crippen LogP contribution in [0.5, 0.6) is 0 Å². The molecule has 1 nitrogen and oxygen atoms in total. The van der Waals surface area contributed by atoms with Gasteiger partial charge in [-0.3, -0.25) is 0 Å². The predicted octanol–water partition coefficient (Wildman–Crippen LogP) is 3.11. The largest absolute Gasteiger partial charge is 0.388 e. The number of hydrogen-bond acceptors (Lipinski definition) is 1. The maximum absolute atomic E-state index is 9.51. The average Bonchev–Trinajstić information content (AvgIpc) is 2.06. The van der Waals surface area contributed by atoms with E-state index in [2.05, 4.69) is 15.9 Å². The van der Waals surface area contributed by atoms with Gasteiger partial charge in [0, 0.05) is 10.4 Å². The van der Waals surface area contributed by atoms with Crippen molar-refractivity contribution in [1.29, 1.82) is 0 Å². The van der Waals surface area contributed by atoms with Gasteiger partial charge in [0.15, 0.2) is 0 Å². The number of alkyl halides is 1. The van der Waals surface area contributed by atoms with E-state index in [1.807, 2.05) is 24.3 Å². The van der Waals surface area contributed by atoms with Crippen LogP contribution in [-0.2, 0) is 0 Å². The summed E-state index contributed by atoms with van der Waals surface area (Å²) in [6, 6.07) is 7.60. The highest BCUT2D eigenvalue weighted by atomic mass is 79.9. The van der Waals surface area contributed by atoms with E-state index in [-0.39, 0.29) is 0 Å². The van der Waals surface area contributed by atoms with Crippen molar-refractivity contribution in [2.45, 2.75) is 12.5 Å². The van der Waals surface area contributed by atoms with Crippen molar-refractivity contribution in [2.75, 3.05) is 5.88 Å². The van der Waals surface area contributed by atoms with Gasteiger partial charge in [0.05, 0.1) is 6.10 Å². The lowest BCUT2D eigenvalue weighted by Gasteiger charge is -2.08. The van der Waals surface area contributed by atoms with Crippen molar-refractivity contribution in [1.82, 2.24) is 0 Å². The van der Waals surface area contributed by atoms with E-state index in [4.69, 9.17) is 11.6 Å². The summed E-state index contributed by atoms with van der Waals surface area (Å²) < 4.78 is 1.02. The Morgan fingerprint density at radius 3 is 2.42 bits per heavy atom. The van der Waals surface area contributed by atoms with Gasteiger partial charge in [-0.15, -0.1) is 11.6 Å². The Morgan fingerprint density at radius 1 is 1.33 bits per heavy atom. The number of halogens is 2. The predicted molar refractivity (Wildman–Crippen MR) is 54.4 cm³/mol. The quantitative estimate of drug-likeness (QED) is 0.816. The standard InChI is InChI=1S/C9H10BrClO/c10-8-3-1-7(2-4-8)9(12)5-6-11/h1-4,9,12H,5-6H2/t9-/m0/s1. The molecule has 0 radical (unpaired) electrons. The minimum absolute atomic E-state index is 0.435. The topological polar surface area (TPSA) is 20.2 Å². The van der Waals surface area contributed by atoms with Crippen LogP contribution in [0, 0.1) is 0 Å². The van der Waals surface area contributed by atoms with Crippen molar-refractivity contribution >= 4 is 27.5 Å². The average molecular weight is 250 g/mol. The Bertz CT molecular complexity index is 235. The summed E-state index contributed by atoms with van der Waals surface area (Å²) in [4.78, 5) is 0. The molecule has 1 N–H and O–H groups in total. The number of aliphatic hydroxyl groups is 1. The van der Waals surface area contributed by atoms with Crippen molar-refractivity contribution < 1.29 is 5.11 Å². The van der Waals surface area contributed by atoms with E-state index in [1.165, 1.54) is 0 Å². The lowest BCUT2D eigenvalue weighted by atomic mass is 10.1. The zero-order valence-corrected chi connectivity index (χ0v) is 8.85. The van der Waals surface area contributed by atoms with E-state index >= 15 is 0 Å². The van der Waals surface area contributed by atoms with Crippen molar-refractivity contribution in [3.05, 3.63) is 34.3 Å². The van der Waals surface area contributed by atoms with Crippen LogP contribution in [0.4, 0.5) is 0 Å².